The number of ether oxygens (including phenoxy) is 1. The van der Waals surface area contributed by atoms with Crippen molar-refractivity contribution in [3.05, 3.63) is 80.5 Å². The van der Waals surface area contributed by atoms with Gasteiger partial charge in [0.2, 0.25) is 5.88 Å². The fourth-order valence-electron chi connectivity index (χ4n) is 4.57. The van der Waals surface area contributed by atoms with Crippen molar-refractivity contribution in [3.8, 4) is 17.3 Å². The first-order valence-corrected chi connectivity index (χ1v) is 11.0. The summed E-state index contributed by atoms with van der Waals surface area (Å²) < 4.78 is 6.83. The van der Waals surface area contributed by atoms with Crippen molar-refractivity contribution in [2.45, 2.75) is 31.8 Å². The second-order valence-corrected chi connectivity index (χ2v) is 8.39. The largest absolute Gasteiger partial charge is 0.497 e. The number of rotatable bonds is 4. The number of methoxy groups -OCH3 is 1. The Balaban J connectivity index is 1.73. The molecule has 0 saturated carbocycles. The molecule has 0 amide bonds. The average molecular weight is 449 g/mol. The van der Waals surface area contributed by atoms with Crippen LogP contribution in [0.3, 0.4) is 0 Å². The number of aromatic amines is 2. The molecule has 0 aliphatic carbocycles. The average Bonchev–Trinajstić information content (AvgIpc) is 3.18. The predicted molar refractivity (Wildman–Crippen MR) is 127 cm³/mol. The van der Waals surface area contributed by atoms with Crippen molar-refractivity contribution in [2.24, 2.45) is 0 Å². The van der Waals surface area contributed by atoms with Crippen LogP contribution in [0.15, 0.2) is 53.3 Å². The van der Waals surface area contributed by atoms with E-state index < -0.39 is 11.6 Å². The van der Waals surface area contributed by atoms with Gasteiger partial charge >= 0.3 is 0 Å². The molecule has 2 atom stereocenters. The highest BCUT2D eigenvalue weighted by Gasteiger charge is 2.34. The highest BCUT2D eigenvalue weighted by atomic mass is 32.1. The van der Waals surface area contributed by atoms with Crippen LogP contribution in [0.4, 0.5) is 0 Å². The van der Waals surface area contributed by atoms with E-state index in [1.807, 2.05) is 18.2 Å². The number of aromatic hydroxyl groups is 1. The van der Waals surface area contributed by atoms with Crippen molar-refractivity contribution >= 4 is 23.1 Å². The molecule has 3 heterocycles. The van der Waals surface area contributed by atoms with Gasteiger partial charge in [-0.25, -0.2) is 0 Å². The molecule has 0 unspecified atom stereocenters. The van der Waals surface area contributed by atoms with Gasteiger partial charge < -0.3 is 20.1 Å². The Labute approximate surface area is 189 Å². The fourth-order valence-corrected chi connectivity index (χ4v) is 4.86. The number of nitrogens with zero attached hydrogens (tertiary/aromatic N) is 1. The van der Waals surface area contributed by atoms with Crippen LogP contribution in [0.2, 0.25) is 0 Å². The monoisotopic (exact) mass is 448 g/mol. The first kappa shape index (κ1) is 20.5. The molecule has 0 spiro atoms. The Morgan fingerprint density at radius 2 is 1.91 bits per heavy atom. The Hall–Kier alpha value is -3.36. The molecular formula is C24H24N4O3S. The number of para-hydroxylation sites is 1. The third kappa shape index (κ3) is 3.23. The zero-order valence-corrected chi connectivity index (χ0v) is 18.6. The summed E-state index contributed by atoms with van der Waals surface area (Å²) in [6.07, 6.45) is 1.74. The maximum Gasteiger partial charge on any atom is 0.260 e. The third-order valence-electron chi connectivity index (χ3n) is 6.22. The molecule has 0 saturated heterocycles. The van der Waals surface area contributed by atoms with Crippen molar-refractivity contribution in [3.63, 3.8) is 0 Å². The van der Waals surface area contributed by atoms with Crippen LogP contribution >= 0.6 is 12.2 Å². The molecule has 1 aliphatic rings. The summed E-state index contributed by atoms with van der Waals surface area (Å²) in [6, 6.07) is 14.9. The molecule has 8 heteroatoms. The zero-order valence-electron chi connectivity index (χ0n) is 17.8. The minimum absolute atomic E-state index is 0.126. The lowest BCUT2D eigenvalue weighted by molar-refractivity contribution is 0.385. The first-order valence-electron chi connectivity index (χ1n) is 10.6. The lowest BCUT2D eigenvalue weighted by Gasteiger charge is -2.31. The number of fused-ring (bicyclic) bond motifs is 3. The summed E-state index contributed by atoms with van der Waals surface area (Å²) in [7, 11) is 1.59. The smallest absolute Gasteiger partial charge is 0.260 e. The molecule has 2 aromatic carbocycles. The van der Waals surface area contributed by atoms with Gasteiger partial charge in [0.05, 0.1) is 18.8 Å². The van der Waals surface area contributed by atoms with Crippen LogP contribution in [0.5, 0.6) is 11.6 Å². The highest BCUT2D eigenvalue weighted by molar-refractivity contribution is 7.71. The Bertz CT molecular complexity index is 1420. The van der Waals surface area contributed by atoms with E-state index in [1.54, 1.807) is 31.4 Å². The Kier molecular flexibility index (Phi) is 5.11. The van der Waals surface area contributed by atoms with Crippen LogP contribution in [0.25, 0.3) is 16.6 Å². The molecule has 5 rings (SSSR count). The van der Waals surface area contributed by atoms with Gasteiger partial charge in [0, 0.05) is 22.6 Å². The van der Waals surface area contributed by atoms with Crippen LogP contribution < -0.4 is 15.6 Å². The molecule has 0 radical (unpaired) electrons. The quantitative estimate of drug-likeness (QED) is 0.353. The normalized spacial score (nSPS) is 17.9. The van der Waals surface area contributed by atoms with Gasteiger partial charge in [-0.05, 0) is 61.0 Å². The van der Waals surface area contributed by atoms with Gasteiger partial charge in [-0.2, -0.15) is 0 Å². The van der Waals surface area contributed by atoms with Gasteiger partial charge in [0.15, 0.2) is 4.77 Å². The third-order valence-corrected chi connectivity index (χ3v) is 6.51. The van der Waals surface area contributed by atoms with E-state index in [2.05, 4.69) is 28.3 Å². The van der Waals surface area contributed by atoms with E-state index >= 15 is 0 Å². The summed E-state index contributed by atoms with van der Waals surface area (Å²) in [5.41, 5.74) is 3.55. The summed E-state index contributed by atoms with van der Waals surface area (Å²) in [5, 5.41) is 16.0. The first-order chi connectivity index (χ1) is 15.5. The summed E-state index contributed by atoms with van der Waals surface area (Å²) in [5.74, 6) is 0.509. The number of hydrogen-bond acceptors (Lipinski definition) is 5. The number of benzene rings is 2. The van der Waals surface area contributed by atoms with Gasteiger partial charge in [-0.1, -0.05) is 25.1 Å². The van der Waals surface area contributed by atoms with Crippen LogP contribution in [0.1, 0.15) is 36.2 Å². The molecule has 0 bridgehead atoms. The lowest BCUT2D eigenvalue weighted by Crippen LogP contribution is -2.41. The maximum atomic E-state index is 13.1. The molecule has 7 nitrogen and oxygen atoms in total. The Morgan fingerprint density at radius 1 is 1.16 bits per heavy atom. The predicted octanol–water partition coefficient (Wildman–Crippen LogP) is 4.10. The van der Waals surface area contributed by atoms with Crippen molar-refractivity contribution in [2.75, 3.05) is 7.11 Å². The van der Waals surface area contributed by atoms with E-state index in [-0.39, 0.29) is 22.3 Å². The van der Waals surface area contributed by atoms with Crippen molar-refractivity contribution in [1.29, 1.82) is 0 Å². The molecule has 164 valence electrons. The second kappa shape index (κ2) is 7.96. The maximum absolute atomic E-state index is 13.1. The SMILES string of the molecule is CC[C@@H]1Cc2c([nH]c3ccccc23)[C@@H](c2c(O)n(-c3ccc(OC)cc3)c(=S)[nH]c2=O)N1. The molecule has 4 N–H and O–H groups in total. The second-order valence-electron chi connectivity index (χ2n) is 8.00. The molecule has 32 heavy (non-hydrogen) atoms. The molecule has 2 aromatic heterocycles. The highest BCUT2D eigenvalue weighted by Crippen LogP contribution is 2.37. The molecule has 1 aliphatic heterocycles. The van der Waals surface area contributed by atoms with Crippen LogP contribution in [-0.2, 0) is 6.42 Å². The van der Waals surface area contributed by atoms with Crippen LogP contribution in [0, 0.1) is 4.77 Å². The summed E-state index contributed by atoms with van der Waals surface area (Å²) in [4.78, 5) is 19.3. The number of nitrogens with one attached hydrogen (secondary N) is 3. The minimum Gasteiger partial charge on any atom is -0.497 e. The van der Waals surface area contributed by atoms with Gasteiger partial charge in [-0.15, -0.1) is 0 Å². The van der Waals surface area contributed by atoms with E-state index in [9.17, 15) is 9.90 Å². The Morgan fingerprint density at radius 3 is 2.62 bits per heavy atom. The topological polar surface area (TPSA) is 95.1 Å². The van der Waals surface area contributed by atoms with Crippen LogP contribution in [-0.4, -0.2) is 32.8 Å². The molecule has 0 fully saturated rings. The summed E-state index contributed by atoms with van der Waals surface area (Å²) >= 11 is 5.40. The standard InChI is InChI=1S/C24H24N4O3S/c1-3-13-12-17-16-6-4-5-7-18(16)26-20(17)21(25-13)19-22(29)27-24(32)28(23(19)30)14-8-10-15(31-2)11-9-14/h4-11,13,21,25-26,30H,3,12H2,1-2H3,(H,27,29,32)/t13-,21-/m1/s1. The molecular weight excluding hydrogens is 424 g/mol. The molecule has 4 aromatic rings. The fraction of sp³-hybridized carbons (Fsp3) is 0.250. The number of aromatic nitrogens is 3. The van der Waals surface area contributed by atoms with Crippen molar-refractivity contribution in [1.82, 2.24) is 19.9 Å². The van der Waals surface area contributed by atoms with Gasteiger partial charge in [0.1, 0.15) is 11.3 Å². The zero-order chi connectivity index (χ0) is 22.4. The van der Waals surface area contributed by atoms with E-state index in [0.717, 1.165) is 29.4 Å². The number of hydrogen-bond donors (Lipinski definition) is 4. The minimum atomic E-state index is -0.500. The van der Waals surface area contributed by atoms with Gasteiger partial charge in [-0.3, -0.25) is 14.3 Å². The van der Waals surface area contributed by atoms with E-state index in [1.165, 1.54) is 10.1 Å². The summed E-state index contributed by atoms with van der Waals surface area (Å²) in [6.45, 7) is 2.11. The van der Waals surface area contributed by atoms with Crippen molar-refractivity contribution < 1.29 is 9.84 Å². The number of H-pyrrole nitrogens is 2. The van der Waals surface area contributed by atoms with Gasteiger partial charge in [0.25, 0.3) is 5.56 Å². The van der Waals surface area contributed by atoms with E-state index in [4.69, 9.17) is 17.0 Å². The lowest BCUT2D eigenvalue weighted by atomic mass is 9.90. The van der Waals surface area contributed by atoms with E-state index in [0.29, 0.717) is 11.4 Å².